The van der Waals surface area contributed by atoms with Gasteiger partial charge >= 0.3 is 0 Å². The molecule has 0 aliphatic carbocycles. The van der Waals surface area contributed by atoms with Gasteiger partial charge in [-0.3, -0.25) is 9.99 Å². The number of anilines is 1. The Bertz CT molecular complexity index is 830. The molecular formula is C18H14BrN3S. The maximum absolute atomic E-state index is 4.87. The number of hydrazone groups is 1. The lowest BCUT2D eigenvalue weighted by molar-refractivity contribution is 0.722. The van der Waals surface area contributed by atoms with Crippen molar-refractivity contribution in [3.05, 3.63) is 81.2 Å². The van der Waals surface area contributed by atoms with E-state index in [0.717, 1.165) is 27.3 Å². The van der Waals surface area contributed by atoms with E-state index in [-0.39, 0.29) is 6.04 Å². The van der Waals surface area contributed by atoms with Crippen molar-refractivity contribution in [1.82, 2.24) is 4.98 Å². The van der Waals surface area contributed by atoms with Gasteiger partial charge in [0.1, 0.15) is 0 Å². The molecule has 0 fully saturated rings. The summed E-state index contributed by atoms with van der Waals surface area (Å²) in [5, 5.41) is 6.99. The summed E-state index contributed by atoms with van der Waals surface area (Å²) in [6, 6.07) is 20.8. The van der Waals surface area contributed by atoms with Crippen LogP contribution >= 0.6 is 27.3 Å². The molecule has 0 spiro atoms. The van der Waals surface area contributed by atoms with E-state index in [1.54, 1.807) is 11.3 Å². The van der Waals surface area contributed by atoms with Gasteiger partial charge in [-0.1, -0.05) is 24.3 Å². The minimum atomic E-state index is 0.214. The van der Waals surface area contributed by atoms with Crippen molar-refractivity contribution in [1.29, 1.82) is 0 Å². The summed E-state index contributed by atoms with van der Waals surface area (Å²) >= 11 is 5.33. The highest BCUT2D eigenvalue weighted by Gasteiger charge is 2.31. The summed E-state index contributed by atoms with van der Waals surface area (Å²) < 4.78 is 1.15. The van der Waals surface area contributed by atoms with Gasteiger partial charge in [0.15, 0.2) is 0 Å². The summed E-state index contributed by atoms with van der Waals surface area (Å²) in [6.45, 7) is 0. The van der Waals surface area contributed by atoms with Gasteiger partial charge < -0.3 is 0 Å². The molecular weight excluding hydrogens is 370 g/mol. The topological polar surface area (TPSA) is 28.5 Å². The van der Waals surface area contributed by atoms with Crippen LogP contribution in [0, 0.1) is 0 Å². The van der Waals surface area contributed by atoms with Crippen LogP contribution in [0.3, 0.4) is 0 Å². The van der Waals surface area contributed by atoms with Crippen molar-refractivity contribution in [2.24, 2.45) is 5.10 Å². The van der Waals surface area contributed by atoms with E-state index in [9.17, 15) is 0 Å². The number of halogens is 1. The van der Waals surface area contributed by atoms with Crippen LogP contribution in [0.15, 0.2) is 75.7 Å². The Morgan fingerprint density at radius 3 is 2.52 bits per heavy atom. The summed E-state index contributed by atoms with van der Waals surface area (Å²) in [5.74, 6) is 0. The van der Waals surface area contributed by atoms with Crippen LogP contribution in [0.5, 0.6) is 0 Å². The Labute approximate surface area is 147 Å². The van der Waals surface area contributed by atoms with E-state index < -0.39 is 0 Å². The third-order valence-electron chi connectivity index (χ3n) is 3.81. The second-order valence-corrected chi connectivity index (χ2v) is 7.80. The van der Waals surface area contributed by atoms with E-state index in [1.165, 1.54) is 4.88 Å². The van der Waals surface area contributed by atoms with Crippen molar-refractivity contribution in [2.75, 3.05) is 5.01 Å². The summed E-state index contributed by atoms with van der Waals surface area (Å²) in [7, 11) is 0. The highest BCUT2D eigenvalue weighted by Crippen LogP contribution is 2.40. The predicted molar refractivity (Wildman–Crippen MR) is 99.1 cm³/mol. The largest absolute Gasteiger partial charge is 0.257 e. The van der Waals surface area contributed by atoms with Crippen LogP contribution in [0.25, 0.3) is 0 Å². The maximum atomic E-state index is 4.87. The number of para-hydroxylation sites is 1. The lowest BCUT2D eigenvalue weighted by atomic mass is 10.1. The Kier molecular flexibility index (Phi) is 3.97. The molecule has 2 aromatic heterocycles. The molecule has 3 nitrogen and oxygen atoms in total. The number of nitrogens with zero attached hydrogens (tertiary/aromatic N) is 3. The van der Waals surface area contributed by atoms with Crippen LogP contribution in [0.2, 0.25) is 0 Å². The molecule has 1 aliphatic heterocycles. The highest BCUT2D eigenvalue weighted by atomic mass is 79.9. The zero-order chi connectivity index (χ0) is 15.6. The van der Waals surface area contributed by atoms with E-state index in [0.29, 0.717) is 0 Å². The van der Waals surface area contributed by atoms with Crippen LogP contribution in [-0.2, 0) is 0 Å². The van der Waals surface area contributed by atoms with Gasteiger partial charge in [-0.15, -0.1) is 11.3 Å². The molecule has 0 bridgehead atoms. The SMILES string of the molecule is Brc1ccc([C@@H]2CC(c3ccccn3)=NN2c2ccccc2)s1. The quantitative estimate of drug-likeness (QED) is 0.616. The second-order valence-electron chi connectivity index (χ2n) is 5.30. The molecule has 1 aromatic carbocycles. The van der Waals surface area contributed by atoms with Crippen LogP contribution < -0.4 is 5.01 Å². The first-order chi connectivity index (χ1) is 11.3. The molecule has 3 heterocycles. The molecule has 3 aromatic rings. The predicted octanol–water partition coefficient (Wildman–Crippen LogP) is 5.26. The summed E-state index contributed by atoms with van der Waals surface area (Å²) in [5.41, 5.74) is 3.09. The van der Waals surface area contributed by atoms with Crippen molar-refractivity contribution < 1.29 is 0 Å². The van der Waals surface area contributed by atoms with Gasteiger partial charge in [-0.2, -0.15) is 5.10 Å². The minimum absolute atomic E-state index is 0.214. The van der Waals surface area contributed by atoms with Crippen molar-refractivity contribution in [3.8, 4) is 0 Å². The highest BCUT2D eigenvalue weighted by molar-refractivity contribution is 9.11. The molecule has 0 radical (unpaired) electrons. The molecule has 23 heavy (non-hydrogen) atoms. The first-order valence-electron chi connectivity index (χ1n) is 7.39. The maximum Gasteiger partial charge on any atom is 0.0924 e. The number of hydrogen-bond acceptors (Lipinski definition) is 4. The standard InChI is InChI=1S/C18H14BrN3S/c19-18-10-9-17(23-18)16-12-15(14-8-4-5-11-20-14)21-22(16)13-6-2-1-3-7-13/h1-11,16H,12H2/t16-/m0/s1. The molecule has 0 unspecified atom stereocenters. The van der Waals surface area contributed by atoms with Gasteiger partial charge in [0.25, 0.3) is 0 Å². The van der Waals surface area contributed by atoms with Gasteiger partial charge in [0.2, 0.25) is 0 Å². The molecule has 0 saturated heterocycles. The summed E-state index contributed by atoms with van der Waals surface area (Å²) in [4.78, 5) is 5.76. The number of benzene rings is 1. The average Bonchev–Trinajstić information content (AvgIpc) is 3.23. The third kappa shape index (κ3) is 2.94. The van der Waals surface area contributed by atoms with E-state index in [4.69, 9.17) is 5.10 Å². The van der Waals surface area contributed by atoms with Crippen molar-refractivity contribution in [2.45, 2.75) is 12.5 Å². The number of rotatable bonds is 3. The van der Waals surface area contributed by atoms with Crippen LogP contribution in [-0.4, -0.2) is 10.7 Å². The van der Waals surface area contributed by atoms with E-state index in [2.05, 4.69) is 50.2 Å². The Morgan fingerprint density at radius 1 is 1.00 bits per heavy atom. The average molecular weight is 384 g/mol. The van der Waals surface area contributed by atoms with E-state index >= 15 is 0 Å². The normalized spacial score (nSPS) is 17.3. The van der Waals surface area contributed by atoms with Gasteiger partial charge in [0, 0.05) is 17.5 Å². The van der Waals surface area contributed by atoms with Gasteiger partial charge in [-0.05, 0) is 52.3 Å². The van der Waals surface area contributed by atoms with Crippen molar-refractivity contribution in [3.63, 3.8) is 0 Å². The van der Waals surface area contributed by atoms with Crippen LogP contribution in [0.1, 0.15) is 23.0 Å². The summed E-state index contributed by atoms with van der Waals surface area (Å²) in [6.07, 6.45) is 2.68. The Balaban J connectivity index is 1.75. The molecule has 1 aliphatic rings. The third-order valence-corrected chi connectivity index (χ3v) is 5.54. The fourth-order valence-electron chi connectivity index (χ4n) is 2.75. The molecule has 4 rings (SSSR count). The molecule has 0 saturated carbocycles. The van der Waals surface area contributed by atoms with Crippen molar-refractivity contribution >= 4 is 38.7 Å². The second kappa shape index (κ2) is 6.26. The molecule has 1 atom stereocenters. The Morgan fingerprint density at radius 2 is 1.83 bits per heavy atom. The fraction of sp³-hybridized carbons (Fsp3) is 0.111. The monoisotopic (exact) mass is 383 g/mol. The first kappa shape index (κ1) is 14.6. The van der Waals surface area contributed by atoms with Gasteiger partial charge in [0.05, 0.1) is 26.9 Å². The Hall–Kier alpha value is -1.98. The van der Waals surface area contributed by atoms with Crippen LogP contribution in [0.4, 0.5) is 5.69 Å². The smallest absolute Gasteiger partial charge is 0.0924 e. The minimum Gasteiger partial charge on any atom is -0.257 e. The molecule has 114 valence electrons. The number of thiophene rings is 1. The lowest BCUT2D eigenvalue weighted by Crippen LogP contribution is -2.17. The molecule has 5 heteroatoms. The molecule has 0 amide bonds. The number of pyridine rings is 1. The zero-order valence-electron chi connectivity index (χ0n) is 12.3. The first-order valence-corrected chi connectivity index (χ1v) is 9.00. The molecule has 0 N–H and O–H groups in total. The number of hydrogen-bond donors (Lipinski definition) is 0. The van der Waals surface area contributed by atoms with E-state index in [1.807, 2.05) is 42.6 Å². The van der Waals surface area contributed by atoms with Gasteiger partial charge in [-0.25, -0.2) is 0 Å². The lowest BCUT2D eigenvalue weighted by Gasteiger charge is -2.22. The zero-order valence-corrected chi connectivity index (χ0v) is 14.7. The fourth-order valence-corrected chi connectivity index (χ4v) is 4.26. The number of aromatic nitrogens is 1.